The second-order valence-corrected chi connectivity index (χ2v) is 2.81. The number of benzene rings is 1. The fourth-order valence-electron chi connectivity index (χ4n) is 0.713. The molecule has 1 aromatic carbocycles. The summed E-state index contributed by atoms with van der Waals surface area (Å²) in [7, 11) is 0. The van der Waals surface area contributed by atoms with Gasteiger partial charge in [0.1, 0.15) is 5.40 Å². The van der Waals surface area contributed by atoms with Crippen LogP contribution in [0.5, 0.6) is 0 Å². The molecule has 0 fully saturated rings. The lowest BCUT2D eigenvalue weighted by Gasteiger charge is -1.92. The maximum absolute atomic E-state index is 10.3. The van der Waals surface area contributed by atoms with Gasteiger partial charge >= 0.3 is 0 Å². The van der Waals surface area contributed by atoms with Gasteiger partial charge in [-0.05, 0) is 17.8 Å². The van der Waals surface area contributed by atoms with Gasteiger partial charge in [0.25, 0.3) is 5.69 Å². The predicted octanol–water partition coefficient (Wildman–Crippen LogP) is 2.17. The number of hydrogen-bond donors (Lipinski definition) is 0. The SMILES string of the molecule is N#CSc1cccc([N+](=O)[O-])c1. The summed E-state index contributed by atoms with van der Waals surface area (Å²) in [5.74, 6) is 0. The predicted molar refractivity (Wildman–Crippen MR) is 44.6 cm³/mol. The zero-order valence-electron chi connectivity index (χ0n) is 5.93. The van der Waals surface area contributed by atoms with Crippen molar-refractivity contribution in [3.63, 3.8) is 0 Å². The van der Waals surface area contributed by atoms with Crippen LogP contribution in [0.25, 0.3) is 0 Å². The van der Waals surface area contributed by atoms with Crippen LogP contribution in [0.1, 0.15) is 0 Å². The summed E-state index contributed by atoms with van der Waals surface area (Å²) in [5.41, 5.74) is 0.00949. The van der Waals surface area contributed by atoms with Crippen molar-refractivity contribution in [3.8, 4) is 5.40 Å². The molecular weight excluding hydrogens is 176 g/mol. The van der Waals surface area contributed by atoms with E-state index >= 15 is 0 Å². The van der Waals surface area contributed by atoms with Gasteiger partial charge < -0.3 is 0 Å². The molecule has 0 bridgehead atoms. The minimum absolute atomic E-state index is 0.00949. The fraction of sp³-hybridized carbons (Fsp3) is 0. The van der Waals surface area contributed by atoms with Crippen LogP contribution >= 0.6 is 11.8 Å². The van der Waals surface area contributed by atoms with E-state index < -0.39 is 4.92 Å². The molecule has 1 aromatic rings. The van der Waals surface area contributed by atoms with E-state index in [1.165, 1.54) is 12.1 Å². The first-order valence-electron chi connectivity index (χ1n) is 3.04. The molecule has 4 nitrogen and oxygen atoms in total. The molecule has 0 N–H and O–H groups in total. The summed E-state index contributed by atoms with van der Waals surface area (Å²) in [6.07, 6.45) is 0. The van der Waals surface area contributed by atoms with Gasteiger partial charge in [-0.2, -0.15) is 5.26 Å². The molecule has 0 aliphatic heterocycles. The van der Waals surface area contributed by atoms with Crippen LogP contribution in [-0.2, 0) is 0 Å². The minimum atomic E-state index is -0.485. The average Bonchev–Trinajstić information content (AvgIpc) is 2.05. The van der Waals surface area contributed by atoms with E-state index in [9.17, 15) is 10.1 Å². The molecule has 0 heterocycles. The van der Waals surface area contributed by atoms with Crippen LogP contribution in [0.4, 0.5) is 5.69 Å². The minimum Gasteiger partial charge on any atom is -0.258 e. The summed E-state index contributed by atoms with van der Waals surface area (Å²) in [6, 6.07) is 5.97. The van der Waals surface area contributed by atoms with Gasteiger partial charge in [0.2, 0.25) is 0 Å². The molecule has 0 aromatic heterocycles. The number of hydrogen-bond acceptors (Lipinski definition) is 4. The molecule has 5 heteroatoms. The van der Waals surface area contributed by atoms with Gasteiger partial charge in [0, 0.05) is 17.0 Å². The lowest BCUT2D eigenvalue weighted by molar-refractivity contribution is -0.385. The second kappa shape index (κ2) is 3.74. The number of nitro benzene ring substituents is 1. The molecule has 0 aliphatic carbocycles. The highest BCUT2D eigenvalue weighted by Crippen LogP contribution is 2.21. The number of nitro groups is 1. The molecule has 0 atom stereocenters. The molecule has 0 radical (unpaired) electrons. The number of nitriles is 1. The van der Waals surface area contributed by atoms with Crippen molar-refractivity contribution < 1.29 is 4.92 Å². The van der Waals surface area contributed by atoms with E-state index in [-0.39, 0.29) is 5.69 Å². The number of nitrogens with zero attached hydrogens (tertiary/aromatic N) is 2. The number of thiocyanates is 1. The van der Waals surface area contributed by atoms with Gasteiger partial charge in [-0.1, -0.05) is 6.07 Å². The van der Waals surface area contributed by atoms with Crippen molar-refractivity contribution in [3.05, 3.63) is 34.4 Å². The Hall–Kier alpha value is -1.54. The Morgan fingerprint density at radius 2 is 2.33 bits per heavy atom. The van der Waals surface area contributed by atoms with E-state index in [4.69, 9.17) is 5.26 Å². The van der Waals surface area contributed by atoms with Crippen molar-refractivity contribution in [2.45, 2.75) is 4.90 Å². The van der Waals surface area contributed by atoms with E-state index in [1.54, 1.807) is 12.1 Å². The first-order valence-corrected chi connectivity index (χ1v) is 3.86. The van der Waals surface area contributed by atoms with Crippen molar-refractivity contribution in [2.24, 2.45) is 0 Å². The van der Waals surface area contributed by atoms with Crippen LogP contribution < -0.4 is 0 Å². The normalized spacial score (nSPS) is 8.92. The fourth-order valence-corrected chi connectivity index (χ4v) is 1.14. The number of thioether (sulfide) groups is 1. The van der Waals surface area contributed by atoms with Gasteiger partial charge in [-0.15, -0.1) is 0 Å². The van der Waals surface area contributed by atoms with Crippen LogP contribution in [0.3, 0.4) is 0 Å². The van der Waals surface area contributed by atoms with Gasteiger partial charge in [-0.25, -0.2) is 0 Å². The summed E-state index contributed by atoms with van der Waals surface area (Å²) >= 11 is 0.908. The first kappa shape index (κ1) is 8.56. The average molecular weight is 180 g/mol. The van der Waals surface area contributed by atoms with Crippen molar-refractivity contribution in [1.29, 1.82) is 5.26 Å². The molecule has 0 amide bonds. The number of rotatable bonds is 2. The lowest BCUT2D eigenvalue weighted by Crippen LogP contribution is -1.86. The Bertz CT molecular complexity index is 346. The molecular formula is C7H4N2O2S. The van der Waals surface area contributed by atoms with Gasteiger partial charge in [0.15, 0.2) is 0 Å². The monoisotopic (exact) mass is 180 g/mol. The lowest BCUT2D eigenvalue weighted by atomic mass is 10.3. The van der Waals surface area contributed by atoms with Crippen LogP contribution in [-0.4, -0.2) is 4.92 Å². The van der Waals surface area contributed by atoms with Crippen LogP contribution in [0, 0.1) is 20.8 Å². The molecule has 1 rings (SSSR count). The van der Waals surface area contributed by atoms with Crippen LogP contribution in [0.2, 0.25) is 0 Å². The van der Waals surface area contributed by atoms with E-state index in [2.05, 4.69) is 0 Å². The second-order valence-electron chi connectivity index (χ2n) is 1.95. The highest BCUT2D eigenvalue weighted by Gasteiger charge is 2.04. The summed E-state index contributed by atoms with van der Waals surface area (Å²) < 4.78 is 0. The molecule has 0 saturated heterocycles. The molecule has 0 saturated carbocycles. The highest BCUT2D eigenvalue weighted by atomic mass is 32.2. The topological polar surface area (TPSA) is 66.9 Å². The van der Waals surface area contributed by atoms with Gasteiger partial charge in [-0.3, -0.25) is 10.1 Å². The number of non-ortho nitro benzene ring substituents is 1. The van der Waals surface area contributed by atoms with E-state index in [1.807, 2.05) is 5.40 Å². The molecule has 0 aliphatic rings. The maximum atomic E-state index is 10.3. The van der Waals surface area contributed by atoms with Crippen molar-refractivity contribution in [2.75, 3.05) is 0 Å². The standard InChI is InChI=1S/C7H4N2O2S/c8-5-12-7-3-1-2-6(4-7)9(10)11/h1-4H. The zero-order chi connectivity index (χ0) is 8.97. The first-order chi connectivity index (χ1) is 5.74. The third-order valence-electron chi connectivity index (χ3n) is 1.19. The summed E-state index contributed by atoms with van der Waals surface area (Å²) in [6.45, 7) is 0. The third kappa shape index (κ3) is 1.97. The molecule has 12 heavy (non-hydrogen) atoms. The molecule has 0 spiro atoms. The Kier molecular flexibility index (Phi) is 2.66. The summed E-state index contributed by atoms with van der Waals surface area (Å²) in [5, 5.41) is 20.4. The molecule has 0 unspecified atom stereocenters. The van der Waals surface area contributed by atoms with E-state index in [0.29, 0.717) is 4.90 Å². The zero-order valence-corrected chi connectivity index (χ0v) is 6.75. The smallest absolute Gasteiger partial charge is 0.258 e. The van der Waals surface area contributed by atoms with Gasteiger partial charge in [0.05, 0.1) is 4.92 Å². The van der Waals surface area contributed by atoms with E-state index in [0.717, 1.165) is 11.8 Å². The van der Waals surface area contributed by atoms with Crippen LogP contribution in [0.15, 0.2) is 29.2 Å². The summed E-state index contributed by atoms with van der Waals surface area (Å²) in [4.78, 5) is 10.4. The largest absolute Gasteiger partial charge is 0.270 e. The highest BCUT2D eigenvalue weighted by molar-refractivity contribution is 8.03. The Balaban J connectivity index is 2.97. The molecule has 60 valence electrons. The third-order valence-corrected chi connectivity index (χ3v) is 1.77. The maximum Gasteiger partial charge on any atom is 0.270 e. The quantitative estimate of drug-likeness (QED) is 0.303. The Morgan fingerprint density at radius 1 is 1.58 bits per heavy atom. The Morgan fingerprint density at radius 3 is 2.92 bits per heavy atom. The Labute approximate surface area is 73.0 Å². The van der Waals surface area contributed by atoms with Crippen molar-refractivity contribution in [1.82, 2.24) is 0 Å². The van der Waals surface area contributed by atoms with Crippen molar-refractivity contribution >= 4 is 17.4 Å².